The Balaban J connectivity index is 2.61. The second-order valence-corrected chi connectivity index (χ2v) is 5.98. The summed E-state index contributed by atoms with van der Waals surface area (Å²) in [5.41, 5.74) is 1.32. The Bertz CT molecular complexity index is 514. The maximum absolute atomic E-state index is 9.42. The molecule has 2 aromatic rings. The van der Waals surface area contributed by atoms with Gasteiger partial charge in [-0.05, 0) is 0 Å². The van der Waals surface area contributed by atoms with Crippen molar-refractivity contribution >= 4 is 22.9 Å². The van der Waals surface area contributed by atoms with E-state index in [-0.39, 0.29) is 12.0 Å². The van der Waals surface area contributed by atoms with Crippen LogP contribution in [0.15, 0.2) is 11.6 Å². The molecule has 2 heterocycles. The minimum Gasteiger partial charge on any atom is -0.391 e. The van der Waals surface area contributed by atoms with Crippen LogP contribution >= 0.6 is 22.9 Å². The third-order valence-corrected chi connectivity index (χ3v) is 3.53. The molecule has 0 saturated heterocycles. The zero-order valence-corrected chi connectivity index (χ0v) is 11.5. The zero-order chi connectivity index (χ0) is 12.6. The average molecular weight is 272 g/mol. The lowest BCUT2D eigenvalue weighted by Gasteiger charge is -2.16. The first-order chi connectivity index (χ1) is 7.95. The van der Waals surface area contributed by atoms with Crippen molar-refractivity contribution in [3.05, 3.63) is 28.0 Å². The van der Waals surface area contributed by atoms with Gasteiger partial charge in [0.1, 0.15) is 5.15 Å². The first-order valence-corrected chi connectivity index (χ1v) is 6.49. The number of hydrogen-bond donors (Lipinski definition) is 1. The fourth-order valence-electron chi connectivity index (χ4n) is 1.62. The van der Waals surface area contributed by atoms with Crippen LogP contribution in [0.4, 0.5) is 0 Å². The van der Waals surface area contributed by atoms with Crippen LogP contribution in [0.25, 0.3) is 5.13 Å². The molecule has 1 N–H and O–H groups in total. The van der Waals surface area contributed by atoms with E-state index in [1.165, 1.54) is 11.3 Å². The average Bonchev–Trinajstić information content (AvgIpc) is 2.82. The second-order valence-electron chi connectivity index (χ2n) is 4.75. The third-order valence-electron chi connectivity index (χ3n) is 2.39. The van der Waals surface area contributed by atoms with E-state index in [0.29, 0.717) is 15.8 Å². The van der Waals surface area contributed by atoms with Gasteiger partial charge in [0.15, 0.2) is 0 Å². The molecule has 0 fully saturated rings. The maximum atomic E-state index is 9.42. The van der Waals surface area contributed by atoms with Crippen LogP contribution in [-0.2, 0) is 12.0 Å². The highest BCUT2D eigenvalue weighted by Crippen LogP contribution is 2.31. The quantitative estimate of drug-likeness (QED) is 0.914. The van der Waals surface area contributed by atoms with Gasteiger partial charge in [-0.15, -0.1) is 11.3 Å². The van der Waals surface area contributed by atoms with Crippen LogP contribution in [0.5, 0.6) is 0 Å². The van der Waals surface area contributed by atoms with Crippen LogP contribution in [0.2, 0.25) is 5.15 Å². The van der Waals surface area contributed by atoms with Gasteiger partial charge in [0.05, 0.1) is 12.3 Å². The summed E-state index contributed by atoms with van der Waals surface area (Å²) in [6.07, 6.45) is 1.70. The fourth-order valence-corrected chi connectivity index (χ4v) is 2.53. The van der Waals surface area contributed by atoms with E-state index in [1.54, 1.807) is 10.9 Å². The van der Waals surface area contributed by atoms with Gasteiger partial charge in [0.2, 0.25) is 5.13 Å². The van der Waals surface area contributed by atoms with Gasteiger partial charge in [-0.3, -0.25) is 0 Å². The monoisotopic (exact) mass is 271 g/mol. The molecule has 0 amide bonds. The summed E-state index contributed by atoms with van der Waals surface area (Å²) in [4.78, 5) is 4.17. The Labute approximate surface area is 109 Å². The highest BCUT2D eigenvalue weighted by Gasteiger charge is 2.26. The third kappa shape index (κ3) is 2.22. The molecule has 0 saturated carbocycles. The Morgan fingerprint density at radius 1 is 1.47 bits per heavy atom. The molecule has 0 unspecified atom stereocenters. The molecule has 0 aromatic carbocycles. The number of hydrogen-bond acceptors (Lipinski definition) is 4. The molecule has 0 bridgehead atoms. The van der Waals surface area contributed by atoms with Crippen molar-refractivity contribution in [2.24, 2.45) is 0 Å². The van der Waals surface area contributed by atoms with E-state index in [2.05, 4.69) is 10.1 Å². The highest BCUT2D eigenvalue weighted by molar-refractivity contribution is 7.12. The fraction of sp³-hybridized carbons (Fsp3) is 0.455. The zero-order valence-electron chi connectivity index (χ0n) is 9.94. The summed E-state index contributed by atoms with van der Waals surface area (Å²) in [7, 11) is 0. The van der Waals surface area contributed by atoms with E-state index < -0.39 is 0 Å². The van der Waals surface area contributed by atoms with Gasteiger partial charge < -0.3 is 5.11 Å². The molecule has 17 heavy (non-hydrogen) atoms. The molecule has 0 aliphatic carbocycles. The van der Waals surface area contributed by atoms with Crippen molar-refractivity contribution < 1.29 is 5.11 Å². The molecule has 0 atom stereocenters. The summed E-state index contributed by atoms with van der Waals surface area (Å²) in [6.45, 7) is 6.00. The number of thiazole rings is 1. The molecule has 0 aliphatic rings. The number of nitrogens with zero attached hydrogens (tertiary/aromatic N) is 3. The number of aliphatic hydroxyl groups is 1. The molecule has 4 nitrogen and oxygen atoms in total. The van der Waals surface area contributed by atoms with Crippen molar-refractivity contribution in [1.82, 2.24) is 14.8 Å². The van der Waals surface area contributed by atoms with Gasteiger partial charge in [-0.25, -0.2) is 4.98 Å². The second kappa shape index (κ2) is 4.40. The molecule has 2 aromatic heterocycles. The number of aromatic nitrogens is 3. The van der Waals surface area contributed by atoms with Crippen molar-refractivity contribution in [2.45, 2.75) is 32.8 Å². The van der Waals surface area contributed by atoms with E-state index >= 15 is 0 Å². The van der Waals surface area contributed by atoms with Crippen molar-refractivity contribution in [3.8, 4) is 5.13 Å². The minimum absolute atomic E-state index is 0.114. The Morgan fingerprint density at radius 2 is 2.18 bits per heavy atom. The standard InChI is InChI=1S/C11H14ClN3OS/c1-11(2,3)8-7(6-16)9(12)15(14-8)10-13-4-5-17-10/h4-5,16H,6H2,1-3H3. The van der Waals surface area contributed by atoms with Crippen LogP contribution < -0.4 is 0 Å². The highest BCUT2D eigenvalue weighted by atomic mass is 35.5. The Kier molecular flexibility index (Phi) is 3.25. The summed E-state index contributed by atoms with van der Waals surface area (Å²) in [5.74, 6) is 0. The van der Waals surface area contributed by atoms with Gasteiger partial charge in [-0.2, -0.15) is 9.78 Å². The summed E-state index contributed by atoms with van der Waals surface area (Å²) < 4.78 is 1.58. The van der Waals surface area contributed by atoms with Crippen molar-refractivity contribution in [1.29, 1.82) is 0 Å². The van der Waals surface area contributed by atoms with E-state index in [4.69, 9.17) is 11.6 Å². The molecule has 6 heteroatoms. The largest absolute Gasteiger partial charge is 0.391 e. The van der Waals surface area contributed by atoms with Crippen LogP contribution in [0.3, 0.4) is 0 Å². The van der Waals surface area contributed by atoms with E-state index in [1.807, 2.05) is 26.2 Å². The topological polar surface area (TPSA) is 50.9 Å². The van der Waals surface area contributed by atoms with Gasteiger partial charge in [0.25, 0.3) is 0 Å². The minimum atomic E-state index is -0.162. The lowest BCUT2D eigenvalue weighted by Crippen LogP contribution is -2.14. The normalized spacial score (nSPS) is 12.1. The predicted octanol–water partition coefficient (Wildman–Crippen LogP) is 2.77. The number of aliphatic hydroxyl groups excluding tert-OH is 1. The van der Waals surface area contributed by atoms with Crippen molar-refractivity contribution in [2.75, 3.05) is 0 Å². The SMILES string of the molecule is CC(C)(C)c1nn(-c2nccs2)c(Cl)c1CO. The Morgan fingerprint density at radius 3 is 2.59 bits per heavy atom. The van der Waals surface area contributed by atoms with Gasteiger partial charge in [-0.1, -0.05) is 32.4 Å². The van der Waals surface area contributed by atoms with E-state index in [9.17, 15) is 5.11 Å². The maximum Gasteiger partial charge on any atom is 0.211 e. The van der Waals surface area contributed by atoms with Crippen molar-refractivity contribution in [3.63, 3.8) is 0 Å². The lowest BCUT2D eigenvalue weighted by atomic mass is 9.90. The Hall–Kier alpha value is -0.910. The molecule has 0 spiro atoms. The van der Waals surface area contributed by atoms with E-state index in [0.717, 1.165) is 5.69 Å². The smallest absolute Gasteiger partial charge is 0.211 e. The van der Waals surface area contributed by atoms with Gasteiger partial charge >= 0.3 is 0 Å². The first-order valence-electron chi connectivity index (χ1n) is 5.23. The lowest BCUT2D eigenvalue weighted by molar-refractivity contribution is 0.278. The van der Waals surface area contributed by atoms with Crippen LogP contribution in [0, 0.1) is 0 Å². The molecule has 0 aliphatic heterocycles. The molecular weight excluding hydrogens is 258 g/mol. The summed E-state index contributed by atoms with van der Waals surface area (Å²) in [5, 5.41) is 16.9. The summed E-state index contributed by atoms with van der Waals surface area (Å²) >= 11 is 7.69. The molecule has 0 radical (unpaired) electrons. The molecule has 92 valence electrons. The van der Waals surface area contributed by atoms with Gasteiger partial charge in [0, 0.05) is 22.6 Å². The van der Waals surface area contributed by atoms with Crippen LogP contribution in [-0.4, -0.2) is 19.9 Å². The first kappa shape index (κ1) is 12.5. The summed E-state index contributed by atoms with van der Waals surface area (Å²) in [6, 6.07) is 0. The number of halogens is 1. The predicted molar refractivity (Wildman–Crippen MR) is 68.9 cm³/mol. The molecule has 2 rings (SSSR count). The molecular formula is C11H14ClN3OS. The van der Waals surface area contributed by atoms with Crippen LogP contribution in [0.1, 0.15) is 32.0 Å². The number of rotatable bonds is 2.